The number of carbonyl (C=O) groups excluding carboxylic acids is 7. The van der Waals surface area contributed by atoms with Gasteiger partial charge < -0.3 is 39.9 Å². The minimum absolute atomic E-state index is 0.0146. The van der Waals surface area contributed by atoms with Gasteiger partial charge in [0, 0.05) is 32.6 Å². The van der Waals surface area contributed by atoms with Crippen LogP contribution < -0.4 is 10.6 Å². The van der Waals surface area contributed by atoms with Crippen LogP contribution in [0.4, 0.5) is 0 Å². The fourth-order valence-corrected chi connectivity index (χ4v) is 6.71. The molecule has 15 nitrogen and oxygen atoms in total. The van der Waals surface area contributed by atoms with Crippen LogP contribution in [0.3, 0.4) is 0 Å². The average Bonchev–Trinajstić information content (AvgIpc) is 3.16. The number of aliphatic hydroxyl groups excluding tert-OH is 1. The molecule has 0 aromatic carbocycles. The molecule has 0 bridgehead atoms. The third kappa shape index (κ3) is 13.9. The molecule has 0 spiro atoms. The monoisotopic (exact) mass is 820 g/mol. The molecule has 3 N–H and O–H groups in total. The SMILES string of the molecule is CC/C=C(\C)[C@H]1OC(=O)[C@H](C)N(C)C(=O)[C@H](C(C)C)NC(=O)CN(C)C(=O)[C@H]([C@H](C)CC)N(C)C(=O)[C@H](C(C)C)NC(=O)[C@@H](C(C)C)OC(=O)/C(C)=C/C[C@H](O)[C@@H]1C. The quantitative estimate of drug-likeness (QED) is 0.253. The Hall–Kier alpha value is -4.27. The van der Waals surface area contributed by atoms with E-state index in [0.29, 0.717) is 18.4 Å². The smallest absolute Gasteiger partial charge is 0.334 e. The van der Waals surface area contributed by atoms with Crippen LogP contribution in [0, 0.1) is 29.6 Å². The summed E-state index contributed by atoms with van der Waals surface area (Å²) in [5.74, 6) is -6.78. The van der Waals surface area contributed by atoms with E-state index >= 15 is 0 Å². The van der Waals surface area contributed by atoms with Gasteiger partial charge in [0.25, 0.3) is 5.91 Å². The molecule has 330 valence electrons. The fraction of sp³-hybridized carbons (Fsp3) is 0.744. The number of amides is 5. The van der Waals surface area contributed by atoms with Crippen molar-refractivity contribution in [1.29, 1.82) is 0 Å². The number of carbonyl (C=O) groups is 7. The lowest BCUT2D eigenvalue weighted by molar-refractivity contribution is -0.160. The van der Waals surface area contributed by atoms with Crippen LogP contribution in [0.1, 0.15) is 109 Å². The topological polar surface area (TPSA) is 192 Å². The van der Waals surface area contributed by atoms with Crippen molar-refractivity contribution in [2.75, 3.05) is 27.7 Å². The first-order valence-electron chi connectivity index (χ1n) is 20.6. The van der Waals surface area contributed by atoms with E-state index < -0.39 is 114 Å². The Morgan fingerprint density at radius 1 is 0.828 bits per heavy atom. The van der Waals surface area contributed by atoms with Crippen molar-refractivity contribution >= 4 is 41.5 Å². The first-order chi connectivity index (χ1) is 26.8. The van der Waals surface area contributed by atoms with Crippen molar-refractivity contribution in [2.24, 2.45) is 29.6 Å². The van der Waals surface area contributed by atoms with Crippen LogP contribution in [0.2, 0.25) is 0 Å². The highest BCUT2D eigenvalue weighted by Crippen LogP contribution is 2.25. The molecule has 0 radical (unpaired) electrons. The summed E-state index contributed by atoms with van der Waals surface area (Å²) < 4.78 is 11.7. The standard InChI is InChI=1S/C43H73N5O10/c1-17-19-27(10)37-29(12)31(49)21-20-28(11)42(55)57-36(25(7)8)38(51)45-34(24(5)6)40(53)48(16)35(26(9)18-2)41(54)46(14)22-32(50)44-33(23(3)4)39(52)47(15)30(13)43(56)58-37/h19-20,23-26,29-31,33-37,49H,17-18,21-22H2,1-16H3,(H,44,50)(H,45,51)/b27-19+,28-20+/t26-,29+,30+,31+,33+,34+,35+,36-,37-/m1/s1. The lowest BCUT2D eigenvalue weighted by Crippen LogP contribution is -2.60. The normalized spacial score (nSPS) is 29.6. The molecule has 1 heterocycles. The van der Waals surface area contributed by atoms with Gasteiger partial charge in [-0.2, -0.15) is 0 Å². The first kappa shape index (κ1) is 51.7. The van der Waals surface area contributed by atoms with Gasteiger partial charge in [0.2, 0.25) is 23.6 Å². The van der Waals surface area contributed by atoms with E-state index in [4.69, 9.17) is 9.47 Å². The van der Waals surface area contributed by atoms with Crippen LogP contribution in [-0.2, 0) is 43.0 Å². The van der Waals surface area contributed by atoms with Crippen LogP contribution in [-0.4, -0.2) is 131 Å². The number of allylic oxidation sites excluding steroid dienone is 1. The number of hydrogen-bond acceptors (Lipinski definition) is 10. The summed E-state index contributed by atoms with van der Waals surface area (Å²) in [5.41, 5.74) is 0.824. The maximum atomic E-state index is 14.2. The van der Waals surface area contributed by atoms with Gasteiger partial charge in [-0.15, -0.1) is 0 Å². The highest BCUT2D eigenvalue weighted by atomic mass is 16.6. The summed E-state index contributed by atoms with van der Waals surface area (Å²) in [4.78, 5) is 100. The molecule has 0 aliphatic carbocycles. The zero-order chi connectivity index (χ0) is 44.9. The molecule has 1 aliphatic heterocycles. The molecule has 15 heteroatoms. The molecular formula is C43H73N5O10. The van der Waals surface area contributed by atoms with Gasteiger partial charge in [0.05, 0.1) is 12.6 Å². The second-order valence-corrected chi connectivity index (χ2v) is 17.0. The molecule has 58 heavy (non-hydrogen) atoms. The second-order valence-electron chi connectivity index (χ2n) is 17.0. The summed E-state index contributed by atoms with van der Waals surface area (Å²) in [5, 5.41) is 16.8. The average molecular weight is 820 g/mol. The van der Waals surface area contributed by atoms with Gasteiger partial charge in [-0.1, -0.05) is 87.8 Å². The van der Waals surface area contributed by atoms with Gasteiger partial charge in [0.1, 0.15) is 30.3 Å². The van der Waals surface area contributed by atoms with Crippen molar-refractivity contribution in [3.05, 3.63) is 23.3 Å². The van der Waals surface area contributed by atoms with Crippen LogP contribution in [0.15, 0.2) is 23.3 Å². The summed E-state index contributed by atoms with van der Waals surface area (Å²) in [6.45, 7) is 22.1. The number of hydrogen-bond donors (Lipinski definition) is 3. The highest BCUT2D eigenvalue weighted by Gasteiger charge is 2.40. The zero-order valence-electron chi connectivity index (χ0n) is 37.9. The van der Waals surface area contributed by atoms with Crippen LogP contribution in [0.5, 0.6) is 0 Å². The molecule has 0 saturated heterocycles. The summed E-state index contributed by atoms with van der Waals surface area (Å²) in [7, 11) is 4.35. The number of nitrogens with one attached hydrogen (secondary N) is 2. The fourth-order valence-electron chi connectivity index (χ4n) is 6.71. The number of nitrogens with zero attached hydrogens (tertiary/aromatic N) is 3. The van der Waals surface area contributed by atoms with E-state index in [0.717, 1.165) is 0 Å². The Morgan fingerprint density at radius 2 is 1.36 bits per heavy atom. The van der Waals surface area contributed by atoms with Crippen LogP contribution >= 0.6 is 0 Å². The van der Waals surface area contributed by atoms with Gasteiger partial charge in [-0.05, 0) is 62.9 Å². The van der Waals surface area contributed by atoms with E-state index in [1.54, 1.807) is 55.4 Å². The number of esters is 2. The molecule has 1 rings (SSSR count). The largest absolute Gasteiger partial charge is 0.456 e. The minimum atomic E-state index is -1.28. The molecular weight excluding hydrogens is 746 g/mol. The lowest BCUT2D eigenvalue weighted by Gasteiger charge is -2.37. The molecule has 0 aromatic rings. The number of likely N-dealkylation sites (N-methyl/N-ethyl adjacent to an activating group) is 3. The van der Waals surface area contributed by atoms with Crippen LogP contribution in [0.25, 0.3) is 0 Å². The lowest BCUT2D eigenvalue weighted by atomic mass is 9.90. The highest BCUT2D eigenvalue weighted by molar-refractivity contribution is 5.96. The Kier molecular flexibility index (Phi) is 20.8. The maximum Gasteiger partial charge on any atom is 0.334 e. The van der Waals surface area contributed by atoms with E-state index in [1.807, 2.05) is 26.8 Å². The third-order valence-corrected chi connectivity index (χ3v) is 11.1. The Morgan fingerprint density at radius 3 is 1.86 bits per heavy atom. The van der Waals surface area contributed by atoms with Crippen molar-refractivity contribution in [1.82, 2.24) is 25.3 Å². The molecule has 0 saturated carbocycles. The van der Waals surface area contributed by atoms with E-state index in [-0.39, 0.29) is 17.9 Å². The van der Waals surface area contributed by atoms with Gasteiger partial charge in [-0.25, -0.2) is 9.59 Å². The van der Waals surface area contributed by atoms with Crippen molar-refractivity contribution in [3.8, 4) is 0 Å². The van der Waals surface area contributed by atoms with E-state index in [1.165, 1.54) is 55.8 Å². The summed E-state index contributed by atoms with van der Waals surface area (Å²) in [6, 6.07) is -4.26. The van der Waals surface area contributed by atoms with Gasteiger partial charge >= 0.3 is 11.9 Å². The maximum absolute atomic E-state index is 14.2. The number of ether oxygens (including phenoxy) is 2. The number of cyclic esters (lactones) is 2. The number of aliphatic hydroxyl groups is 1. The summed E-state index contributed by atoms with van der Waals surface area (Å²) in [6.07, 6.45) is 1.25. The van der Waals surface area contributed by atoms with Crippen molar-refractivity contribution in [3.63, 3.8) is 0 Å². The van der Waals surface area contributed by atoms with Crippen molar-refractivity contribution in [2.45, 2.75) is 152 Å². The third-order valence-electron chi connectivity index (χ3n) is 11.1. The molecule has 0 aromatic heterocycles. The molecule has 9 atom stereocenters. The van der Waals surface area contributed by atoms with Gasteiger partial charge in [0.15, 0.2) is 6.10 Å². The zero-order valence-corrected chi connectivity index (χ0v) is 37.9. The predicted octanol–water partition coefficient (Wildman–Crippen LogP) is 3.63. The minimum Gasteiger partial charge on any atom is -0.456 e. The Labute approximate surface area is 346 Å². The first-order valence-corrected chi connectivity index (χ1v) is 20.6. The molecule has 1 aliphatic rings. The van der Waals surface area contributed by atoms with Crippen molar-refractivity contribution < 1.29 is 48.1 Å². The second kappa shape index (κ2) is 23.4. The Bertz CT molecular complexity index is 1520. The molecule has 5 amide bonds. The van der Waals surface area contributed by atoms with E-state index in [2.05, 4.69) is 10.6 Å². The predicted molar refractivity (Wildman–Crippen MR) is 222 cm³/mol. The summed E-state index contributed by atoms with van der Waals surface area (Å²) >= 11 is 0. The number of rotatable bonds is 7. The van der Waals surface area contributed by atoms with Gasteiger partial charge in [-0.3, -0.25) is 24.0 Å². The molecule has 0 unspecified atom stereocenters. The Balaban J connectivity index is 3.85. The molecule has 0 fully saturated rings. The van der Waals surface area contributed by atoms with E-state index in [9.17, 15) is 38.7 Å².